The highest BCUT2D eigenvalue weighted by atomic mass is 19.1. The van der Waals surface area contributed by atoms with Crippen LogP contribution in [0.4, 0.5) is 14.5 Å². The van der Waals surface area contributed by atoms with Gasteiger partial charge in [0.25, 0.3) is 0 Å². The van der Waals surface area contributed by atoms with Gasteiger partial charge in [-0.25, -0.2) is 4.39 Å². The van der Waals surface area contributed by atoms with Crippen LogP contribution in [0.5, 0.6) is 0 Å². The lowest BCUT2D eigenvalue weighted by molar-refractivity contribution is -0.387. The second-order valence-electron chi connectivity index (χ2n) is 4.22. The Labute approximate surface area is 109 Å². The molecule has 0 bridgehead atoms. The topological polar surface area (TPSA) is 64.4 Å². The predicted molar refractivity (Wildman–Crippen MR) is 65.8 cm³/mol. The molecule has 1 aromatic carbocycles. The van der Waals surface area contributed by atoms with Crippen LogP contribution >= 0.6 is 0 Å². The molecule has 0 saturated carbocycles. The van der Waals surface area contributed by atoms with Gasteiger partial charge in [-0.3, -0.25) is 10.1 Å². The standard InChI is InChI=1S/C12H16F2N2O3/c1-8(3-4-19-2)15-7-9-5-12(16(17)18)11(14)6-10(9)13/h5-6,8,15H,3-4,7H2,1-2H3. The number of nitro groups is 1. The van der Waals surface area contributed by atoms with Crippen molar-refractivity contribution in [2.75, 3.05) is 13.7 Å². The van der Waals surface area contributed by atoms with Crippen LogP contribution in [0.2, 0.25) is 0 Å². The van der Waals surface area contributed by atoms with E-state index in [2.05, 4.69) is 5.32 Å². The summed E-state index contributed by atoms with van der Waals surface area (Å²) in [6.07, 6.45) is 0.724. The number of nitrogens with one attached hydrogen (secondary N) is 1. The summed E-state index contributed by atoms with van der Waals surface area (Å²) < 4.78 is 31.5. The molecule has 0 amide bonds. The Morgan fingerprint density at radius 1 is 1.42 bits per heavy atom. The van der Waals surface area contributed by atoms with Crippen LogP contribution in [0, 0.1) is 21.7 Å². The van der Waals surface area contributed by atoms with Gasteiger partial charge in [0.2, 0.25) is 5.82 Å². The molecule has 5 nitrogen and oxygen atoms in total. The van der Waals surface area contributed by atoms with Crippen LogP contribution in [-0.4, -0.2) is 24.7 Å². The van der Waals surface area contributed by atoms with E-state index in [1.54, 1.807) is 7.11 Å². The van der Waals surface area contributed by atoms with Crippen molar-refractivity contribution >= 4 is 5.69 Å². The van der Waals surface area contributed by atoms with Gasteiger partial charge in [0.1, 0.15) is 5.82 Å². The van der Waals surface area contributed by atoms with Gasteiger partial charge >= 0.3 is 5.69 Å². The first-order valence-corrected chi connectivity index (χ1v) is 5.80. The van der Waals surface area contributed by atoms with Gasteiger partial charge in [0.15, 0.2) is 0 Å². The number of hydrogen-bond acceptors (Lipinski definition) is 4. The molecule has 0 heterocycles. The summed E-state index contributed by atoms with van der Waals surface area (Å²) in [7, 11) is 1.58. The molecule has 7 heteroatoms. The number of nitrogens with zero attached hydrogens (tertiary/aromatic N) is 1. The largest absolute Gasteiger partial charge is 0.385 e. The molecule has 0 aromatic heterocycles. The van der Waals surface area contributed by atoms with Crippen LogP contribution in [0.15, 0.2) is 12.1 Å². The van der Waals surface area contributed by atoms with E-state index >= 15 is 0 Å². The Balaban J connectivity index is 2.73. The lowest BCUT2D eigenvalue weighted by Gasteiger charge is -2.13. The van der Waals surface area contributed by atoms with Crippen LogP contribution in [0.3, 0.4) is 0 Å². The van der Waals surface area contributed by atoms with E-state index in [-0.39, 0.29) is 18.2 Å². The van der Waals surface area contributed by atoms with E-state index in [0.717, 1.165) is 12.5 Å². The first-order chi connectivity index (χ1) is 8.95. The van der Waals surface area contributed by atoms with Gasteiger partial charge in [-0.1, -0.05) is 0 Å². The van der Waals surface area contributed by atoms with E-state index < -0.39 is 22.2 Å². The highest BCUT2D eigenvalue weighted by Gasteiger charge is 2.18. The average Bonchev–Trinajstić information content (AvgIpc) is 2.34. The number of hydrogen-bond donors (Lipinski definition) is 1. The van der Waals surface area contributed by atoms with Crippen molar-refractivity contribution in [2.45, 2.75) is 25.9 Å². The second kappa shape index (κ2) is 7.10. The Bertz CT molecular complexity index is 455. The Morgan fingerprint density at radius 2 is 2.11 bits per heavy atom. The van der Waals surface area contributed by atoms with E-state index in [4.69, 9.17) is 4.74 Å². The molecule has 0 saturated heterocycles. The molecule has 0 fully saturated rings. The van der Waals surface area contributed by atoms with Crippen molar-refractivity contribution in [3.8, 4) is 0 Å². The highest BCUT2D eigenvalue weighted by molar-refractivity contribution is 5.37. The number of benzene rings is 1. The van der Waals surface area contributed by atoms with Gasteiger partial charge in [-0.2, -0.15) is 4.39 Å². The van der Waals surface area contributed by atoms with Gasteiger partial charge in [-0.05, 0) is 13.3 Å². The quantitative estimate of drug-likeness (QED) is 0.612. The highest BCUT2D eigenvalue weighted by Crippen LogP contribution is 2.21. The van der Waals surface area contributed by atoms with Crippen molar-refractivity contribution in [2.24, 2.45) is 0 Å². The summed E-state index contributed by atoms with van der Waals surface area (Å²) in [5.41, 5.74) is -0.653. The third-order valence-corrected chi connectivity index (χ3v) is 2.71. The smallest absolute Gasteiger partial charge is 0.305 e. The van der Waals surface area contributed by atoms with Gasteiger partial charge in [-0.15, -0.1) is 0 Å². The first-order valence-electron chi connectivity index (χ1n) is 5.80. The summed E-state index contributed by atoms with van der Waals surface area (Å²) in [6, 6.07) is 1.51. The minimum absolute atomic E-state index is 0.0588. The lowest BCUT2D eigenvalue weighted by Crippen LogP contribution is -2.27. The van der Waals surface area contributed by atoms with Crippen molar-refractivity contribution in [3.05, 3.63) is 39.4 Å². The molecule has 1 atom stereocenters. The number of methoxy groups -OCH3 is 1. The summed E-state index contributed by atoms with van der Waals surface area (Å²) in [5, 5.41) is 13.6. The molecule has 0 radical (unpaired) electrons. The van der Waals surface area contributed by atoms with Crippen molar-refractivity contribution < 1.29 is 18.4 Å². The molecule has 19 heavy (non-hydrogen) atoms. The molecular formula is C12H16F2N2O3. The first kappa shape index (κ1) is 15.5. The second-order valence-corrected chi connectivity index (χ2v) is 4.22. The Hall–Kier alpha value is -1.60. The molecule has 1 rings (SSSR count). The van der Waals surface area contributed by atoms with E-state index in [1.807, 2.05) is 6.92 Å². The maximum atomic E-state index is 13.5. The molecule has 106 valence electrons. The molecule has 1 aromatic rings. The van der Waals surface area contributed by atoms with Gasteiger partial charge in [0, 0.05) is 44.0 Å². The van der Waals surface area contributed by atoms with Crippen LogP contribution in [0.1, 0.15) is 18.9 Å². The summed E-state index contributed by atoms with van der Waals surface area (Å²) in [5.74, 6) is -1.96. The minimum Gasteiger partial charge on any atom is -0.385 e. The number of ether oxygens (including phenoxy) is 1. The molecule has 1 N–H and O–H groups in total. The van der Waals surface area contributed by atoms with E-state index in [0.29, 0.717) is 12.7 Å². The molecule has 0 aliphatic carbocycles. The predicted octanol–water partition coefficient (Wildman–Crippen LogP) is 2.39. The lowest BCUT2D eigenvalue weighted by atomic mass is 10.1. The fraction of sp³-hybridized carbons (Fsp3) is 0.500. The maximum Gasteiger partial charge on any atom is 0.305 e. The number of nitro benzene ring substituents is 1. The van der Waals surface area contributed by atoms with Crippen molar-refractivity contribution in [1.29, 1.82) is 0 Å². The zero-order chi connectivity index (χ0) is 14.4. The van der Waals surface area contributed by atoms with Crippen molar-refractivity contribution in [3.63, 3.8) is 0 Å². The maximum absolute atomic E-state index is 13.5. The van der Waals surface area contributed by atoms with Gasteiger partial charge in [0.05, 0.1) is 4.92 Å². The zero-order valence-electron chi connectivity index (χ0n) is 10.8. The molecule has 0 spiro atoms. The summed E-state index contributed by atoms with van der Waals surface area (Å²) in [4.78, 5) is 9.70. The van der Waals surface area contributed by atoms with Crippen molar-refractivity contribution in [1.82, 2.24) is 5.32 Å². The van der Waals surface area contributed by atoms with E-state index in [1.165, 1.54) is 0 Å². The molecule has 0 aliphatic rings. The van der Waals surface area contributed by atoms with Crippen LogP contribution in [0.25, 0.3) is 0 Å². The molecular weight excluding hydrogens is 258 g/mol. The number of halogens is 2. The fourth-order valence-electron chi connectivity index (χ4n) is 1.54. The van der Waals surface area contributed by atoms with Crippen LogP contribution < -0.4 is 5.32 Å². The monoisotopic (exact) mass is 274 g/mol. The third-order valence-electron chi connectivity index (χ3n) is 2.71. The average molecular weight is 274 g/mol. The summed E-state index contributed by atoms with van der Waals surface area (Å²) >= 11 is 0. The van der Waals surface area contributed by atoms with E-state index in [9.17, 15) is 18.9 Å². The summed E-state index contributed by atoms with van der Waals surface area (Å²) in [6.45, 7) is 2.53. The number of rotatable bonds is 7. The minimum atomic E-state index is -1.17. The van der Waals surface area contributed by atoms with Crippen LogP contribution in [-0.2, 0) is 11.3 Å². The SMILES string of the molecule is COCCC(C)NCc1cc([N+](=O)[O-])c(F)cc1F. The molecule has 0 aliphatic heterocycles. The van der Waals surface area contributed by atoms with Gasteiger partial charge < -0.3 is 10.1 Å². The Morgan fingerprint density at radius 3 is 2.68 bits per heavy atom. The fourth-order valence-corrected chi connectivity index (χ4v) is 1.54. The zero-order valence-corrected chi connectivity index (χ0v) is 10.8. The third kappa shape index (κ3) is 4.53. The Kier molecular flexibility index (Phi) is 5.78. The molecule has 1 unspecified atom stereocenters. The normalized spacial score (nSPS) is 12.4.